The topological polar surface area (TPSA) is 26.3 Å². The van der Waals surface area contributed by atoms with E-state index in [-0.39, 0.29) is 12.2 Å². The van der Waals surface area contributed by atoms with E-state index in [9.17, 15) is 4.79 Å². The quantitative estimate of drug-likeness (QED) is 0.527. The lowest BCUT2D eigenvalue weighted by Crippen LogP contribution is -2.38. The van der Waals surface area contributed by atoms with Gasteiger partial charge in [0.1, 0.15) is 5.75 Å². The Hall–Kier alpha value is -0.000000000000000111. The maximum Gasteiger partial charge on any atom is 0.318 e. The first-order valence-corrected chi connectivity index (χ1v) is 6.13. The van der Waals surface area contributed by atoms with Crippen molar-refractivity contribution in [1.29, 1.82) is 0 Å². The molecule has 0 saturated heterocycles. The number of ether oxygens (including phenoxy) is 1. The third-order valence-corrected chi connectivity index (χ3v) is 3.50. The summed E-state index contributed by atoms with van der Waals surface area (Å²) >= 11 is 13.7. The van der Waals surface area contributed by atoms with Crippen molar-refractivity contribution in [3.63, 3.8) is 0 Å². The number of Topliss-reactive ketones (excluding diaryl/α,β-unsaturated/α-hetero) is 1. The van der Waals surface area contributed by atoms with Gasteiger partial charge in [0.2, 0.25) is 5.78 Å². The number of benzene rings is 1. The molecule has 1 aromatic carbocycles. The highest BCUT2D eigenvalue weighted by Crippen LogP contribution is 2.38. The Balaban J connectivity index is 2.55. The molecule has 0 bridgehead atoms. The second-order valence-electron chi connectivity index (χ2n) is 3.42. The van der Waals surface area contributed by atoms with Gasteiger partial charge in [0.05, 0.1) is 0 Å². The Morgan fingerprint density at radius 3 is 2.80 bits per heavy atom. The van der Waals surface area contributed by atoms with Crippen LogP contribution in [-0.2, 0) is 11.2 Å². The highest BCUT2D eigenvalue weighted by atomic mass is 127. The van der Waals surface area contributed by atoms with E-state index < -0.39 is 4.52 Å². The monoisotopic (exact) mass is 356 g/mol. The van der Waals surface area contributed by atoms with Crippen molar-refractivity contribution in [2.45, 2.75) is 17.9 Å². The predicted molar refractivity (Wildman–Crippen MR) is 67.7 cm³/mol. The Bertz CT molecular complexity index is 443. The van der Waals surface area contributed by atoms with E-state index in [2.05, 4.69) is 22.6 Å². The zero-order chi connectivity index (χ0) is 11.2. The Morgan fingerprint density at radius 2 is 2.13 bits per heavy atom. The molecule has 1 aliphatic rings. The average Bonchev–Trinajstić information content (AvgIpc) is 2.08. The molecule has 80 valence electrons. The van der Waals surface area contributed by atoms with Gasteiger partial charge in [-0.25, -0.2) is 0 Å². The fourth-order valence-corrected chi connectivity index (χ4v) is 2.57. The number of alkyl halides is 2. The Kier molecular flexibility index (Phi) is 2.90. The third kappa shape index (κ3) is 2.10. The molecule has 0 fully saturated rings. The molecule has 1 aromatic rings. The van der Waals surface area contributed by atoms with Crippen LogP contribution in [0.5, 0.6) is 5.75 Å². The molecule has 2 rings (SSSR count). The van der Waals surface area contributed by atoms with Gasteiger partial charge in [-0.2, -0.15) is 0 Å². The van der Waals surface area contributed by atoms with E-state index >= 15 is 0 Å². The molecule has 15 heavy (non-hydrogen) atoms. The van der Waals surface area contributed by atoms with Gasteiger partial charge < -0.3 is 4.74 Å². The SMILES string of the molecule is Cc1cc(I)cc2c1CC(=O)C(Cl)(Cl)O2. The van der Waals surface area contributed by atoms with Gasteiger partial charge in [0.15, 0.2) is 0 Å². The largest absolute Gasteiger partial charge is 0.451 e. The summed E-state index contributed by atoms with van der Waals surface area (Å²) in [6.07, 6.45) is 0.227. The number of aryl methyl sites for hydroxylation is 1. The minimum atomic E-state index is -1.73. The molecule has 2 nitrogen and oxygen atoms in total. The van der Waals surface area contributed by atoms with Crippen LogP contribution in [0.2, 0.25) is 0 Å². The highest BCUT2D eigenvalue weighted by Gasteiger charge is 2.41. The number of hydrogen-bond donors (Lipinski definition) is 0. The summed E-state index contributed by atoms with van der Waals surface area (Å²) in [5, 5.41) is 0. The van der Waals surface area contributed by atoms with Gasteiger partial charge in [-0.15, -0.1) is 0 Å². The highest BCUT2D eigenvalue weighted by molar-refractivity contribution is 14.1. The maximum absolute atomic E-state index is 11.5. The molecule has 0 aliphatic carbocycles. The second kappa shape index (κ2) is 3.79. The number of ketones is 1. The van der Waals surface area contributed by atoms with Gasteiger partial charge in [-0.1, -0.05) is 0 Å². The molecule has 0 amide bonds. The van der Waals surface area contributed by atoms with Crippen LogP contribution < -0.4 is 4.74 Å². The van der Waals surface area contributed by atoms with E-state index in [1.54, 1.807) is 0 Å². The van der Waals surface area contributed by atoms with Gasteiger partial charge in [0, 0.05) is 15.6 Å². The van der Waals surface area contributed by atoms with Crippen LogP contribution in [0.3, 0.4) is 0 Å². The van der Waals surface area contributed by atoms with E-state index in [1.165, 1.54) is 0 Å². The fourth-order valence-electron chi connectivity index (χ4n) is 1.52. The lowest BCUT2D eigenvalue weighted by atomic mass is 10.0. The number of rotatable bonds is 0. The van der Waals surface area contributed by atoms with Crippen LogP contribution in [0.25, 0.3) is 0 Å². The number of hydrogen-bond acceptors (Lipinski definition) is 2. The Labute approximate surface area is 111 Å². The number of fused-ring (bicyclic) bond motifs is 1. The maximum atomic E-state index is 11.5. The molecule has 0 saturated carbocycles. The summed E-state index contributed by atoms with van der Waals surface area (Å²) in [6, 6.07) is 3.82. The van der Waals surface area contributed by atoms with E-state index in [4.69, 9.17) is 27.9 Å². The van der Waals surface area contributed by atoms with Gasteiger partial charge in [0.25, 0.3) is 0 Å². The molecule has 0 radical (unpaired) electrons. The lowest BCUT2D eigenvalue weighted by Gasteiger charge is -2.27. The van der Waals surface area contributed by atoms with Gasteiger partial charge in [-0.05, 0) is 70.4 Å². The van der Waals surface area contributed by atoms with Crippen LogP contribution in [0, 0.1) is 10.5 Å². The summed E-state index contributed by atoms with van der Waals surface area (Å²) in [6.45, 7) is 1.94. The summed E-state index contributed by atoms with van der Waals surface area (Å²) in [4.78, 5) is 11.5. The van der Waals surface area contributed by atoms with Crippen molar-refractivity contribution in [1.82, 2.24) is 0 Å². The molecule has 5 heteroatoms. The fraction of sp³-hybridized carbons (Fsp3) is 0.300. The second-order valence-corrected chi connectivity index (χ2v) is 5.92. The number of carbonyl (C=O) groups excluding carboxylic acids is 1. The molecule has 0 N–H and O–H groups in total. The van der Waals surface area contributed by atoms with Crippen LogP contribution in [-0.4, -0.2) is 10.3 Å². The number of halogens is 3. The van der Waals surface area contributed by atoms with Crippen molar-refractivity contribution >= 4 is 51.6 Å². The summed E-state index contributed by atoms with van der Waals surface area (Å²) < 4.78 is 4.57. The molecule has 0 spiro atoms. The first-order chi connectivity index (χ1) is 6.90. The Morgan fingerprint density at radius 1 is 1.47 bits per heavy atom. The van der Waals surface area contributed by atoms with Crippen molar-refractivity contribution in [3.8, 4) is 5.75 Å². The van der Waals surface area contributed by atoms with E-state index in [1.807, 2.05) is 19.1 Å². The predicted octanol–water partition coefficient (Wildman–Crippen LogP) is 3.24. The first kappa shape index (κ1) is 11.5. The third-order valence-electron chi connectivity index (χ3n) is 2.30. The minimum absolute atomic E-state index is 0.227. The van der Waals surface area contributed by atoms with Crippen LogP contribution in [0.1, 0.15) is 11.1 Å². The zero-order valence-electron chi connectivity index (χ0n) is 7.81. The van der Waals surface area contributed by atoms with Gasteiger partial charge >= 0.3 is 4.52 Å². The molecule has 0 aromatic heterocycles. The number of carbonyl (C=O) groups is 1. The standard InChI is InChI=1S/C10H7Cl2IO2/c1-5-2-6(13)3-8-7(5)4-9(14)10(11,12)15-8/h2-3H,4H2,1H3. The van der Waals surface area contributed by atoms with Gasteiger partial charge in [-0.3, -0.25) is 4.79 Å². The average molecular weight is 357 g/mol. The van der Waals surface area contributed by atoms with Crippen molar-refractivity contribution in [2.75, 3.05) is 0 Å². The first-order valence-electron chi connectivity index (χ1n) is 4.29. The van der Waals surface area contributed by atoms with Crippen LogP contribution in [0.4, 0.5) is 0 Å². The van der Waals surface area contributed by atoms with Crippen LogP contribution in [0.15, 0.2) is 12.1 Å². The van der Waals surface area contributed by atoms with Crippen molar-refractivity contribution < 1.29 is 9.53 Å². The van der Waals surface area contributed by atoms with E-state index in [0.717, 1.165) is 14.7 Å². The normalized spacial score (nSPS) is 18.3. The van der Waals surface area contributed by atoms with Crippen molar-refractivity contribution in [2.24, 2.45) is 0 Å². The molecule has 1 aliphatic heterocycles. The molecular weight excluding hydrogens is 350 g/mol. The van der Waals surface area contributed by atoms with Crippen LogP contribution >= 0.6 is 45.8 Å². The van der Waals surface area contributed by atoms with E-state index in [0.29, 0.717) is 5.75 Å². The minimum Gasteiger partial charge on any atom is -0.451 e. The summed E-state index contributed by atoms with van der Waals surface area (Å²) in [5.41, 5.74) is 1.89. The smallest absolute Gasteiger partial charge is 0.318 e. The van der Waals surface area contributed by atoms with Crippen molar-refractivity contribution in [3.05, 3.63) is 26.8 Å². The molecule has 1 heterocycles. The molecular formula is C10H7Cl2IO2. The summed E-state index contributed by atoms with van der Waals surface area (Å²) in [5.74, 6) is 0.284. The molecule has 0 atom stereocenters. The zero-order valence-corrected chi connectivity index (χ0v) is 11.5. The molecule has 0 unspecified atom stereocenters. The summed E-state index contributed by atoms with van der Waals surface area (Å²) in [7, 11) is 0. The lowest BCUT2D eigenvalue weighted by molar-refractivity contribution is -0.124.